The lowest BCUT2D eigenvalue weighted by Gasteiger charge is -2.12. The van der Waals surface area contributed by atoms with Crippen LogP contribution in [0.4, 0.5) is 0 Å². The molecule has 0 saturated carbocycles. The zero-order chi connectivity index (χ0) is 13.5. The Balaban J connectivity index is 2.98. The van der Waals surface area contributed by atoms with E-state index < -0.39 is 0 Å². The molecule has 0 aromatic heterocycles. The lowest BCUT2D eigenvalue weighted by atomic mass is 10.2. The number of hydrogen-bond donors (Lipinski definition) is 1. The first-order valence-corrected chi connectivity index (χ1v) is 7.27. The van der Waals surface area contributed by atoms with Crippen LogP contribution >= 0.6 is 0 Å². The SMILES string of the molecule is CCCCOCCOCCOCCC(C)NCC. The second-order valence-electron chi connectivity index (χ2n) is 4.44. The van der Waals surface area contributed by atoms with Gasteiger partial charge in [0, 0.05) is 19.3 Å². The number of unbranched alkanes of at least 4 members (excludes halogenated alkanes) is 1. The first-order chi connectivity index (χ1) is 8.81. The number of hydrogen-bond acceptors (Lipinski definition) is 4. The van der Waals surface area contributed by atoms with Crippen LogP contribution in [0.3, 0.4) is 0 Å². The topological polar surface area (TPSA) is 39.7 Å². The van der Waals surface area contributed by atoms with E-state index in [1.54, 1.807) is 0 Å². The summed E-state index contributed by atoms with van der Waals surface area (Å²) in [5.41, 5.74) is 0. The number of nitrogens with one attached hydrogen (secondary N) is 1. The summed E-state index contributed by atoms with van der Waals surface area (Å²) in [5.74, 6) is 0. The maximum atomic E-state index is 5.49. The fourth-order valence-electron chi connectivity index (χ4n) is 1.50. The Bertz CT molecular complexity index is 156. The van der Waals surface area contributed by atoms with Gasteiger partial charge in [0.25, 0.3) is 0 Å². The minimum absolute atomic E-state index is 0.530. The fraction of sp³-hybridized carbons (Fsp3) is 1.00. The van der Waals surface area contributed by atoms with Crippen molar-refractivity contribution in [2.24, 2.45) is 0 Å². The smallest absolute Gasteiger partial charge is 0.0701 e. The van der Waals surface area contributed by atoms with Gasteiger partial charge in [0.1, 0.15) is 0 Å². The van der Waals surface area contributed by atoms with E-state index in [0.29, 0.717) is 32.5 Å². The van der Waals surface area contributed by atoms with Gasteiger partial charge in [0.05, 0.1) is 26.4 Å². The van der Waals surface area contributed by atoms with E-state index in [2.05, 4.69) is 26.1 Å². The number of rotatable bonds is 14. The van der Waals surface area contributed by atoms with Crippen molar-refractivity contribution in [3.8, 4) is 0 Å². The highest BCUT2D eigenvalue weighted by molar-refractivity contribution is 4.57. The van der Waals surface area contributed by atoms with Gasteiger partial charge in [0.2, 0.25) is 0 Å². The first-order valence-electron chi connectivity index (χ1n) is 7.27. The first kappa shape index (κ1) is 17.8. The predicted octanol–water partition coefficient (Wildman–Crippen LogP) is 2.22. The quantitative estimate of drug-likeness (QED) is 0.487. The Hall–Kier alpha value is -0.160. The molecular weight excluding hydrogens is 230 g/mol. The van der Waals surface area contributed by atoms with Crippen LogP contribution in [0.25, 0.3) is 0 Å². The molecule has 0 aliphatic carbocycles. The van der Waals surface area contributed by atoms with E-state index in [1.807, 2.05) is 0 Å². The molecule has 0 aliphatic rings. The van der Waals surface area contributed by atoms with Crippen LogP contribution in [-0.4, -0.2) is 52.2 Å². The maximum absolute atomic E-state index is 5.49. The fourth-order valence-corrected chi connectivity index (χ4v) is 1.50. The zero-order valence-corrected chi connectivity index (χ0v) is 12.4. The molecule has 0 saturated heterocycles. The van der Waals surface area contributed by atoms with Gasteiger partial charge >= 0.3 is 0 Å². The molecule has 0 heterocycles. The predicted molar refractivity (Wildman–Crippen MR) is 75.1 cm³/mol. The molecule has 4 heteroatoms. The molecule has 1 atom stereocenters. The number of ether oxygens (including phenoxy) is 3. The average molecular weight is 261 g/mol. The standard InChI is InChI=1S/C14H31NO3/c1-4-6-8-16-10-12-18-13-11-17-9-7-14(3)15-5-2/h14-15H,4-13H2,1-3H3. The molecule has 0 fully saturated rings. The van der Waals surface area contributed by atoms with E-state index in [-0.39, 0.29) is 0 Å². The van der Waals surface area contributed by atoms with E-state index in [0.717, 1.165) is 32.6 Å². The van der Waals surface area contributed by atoms with Gasteiger partial charge in [-0.1, -0.05) is 20.3 Å². The minimum atomic E-state index is 0.530. The van der Waals surface area contributed by atoms with Crippen molar-refractivity contribution in [1.29, 1.82) is 0 Å². The summed E-state index contributed by atoms with van der Waals surface area (Å²) in [6.07, 6.45) is 3.36. The van der Waals surface area contributed by atoms with Crippen molar-refractivity contribution in [2.75, 3.05) is 46.2 Å². The van der Waals surface area contributed by atoms with Crippen LogP contribution in [0, 0.1) is 0 Å². The lowest BCUT2D eigenvalue weighted by molar-refractivity contribution is 0.0128. The van der Waals surface area contributed by atoms with E-state index in [1.165, 1.54) is 6.42 Å². The highest BCUT2D eigenvalue weighted by atomic mass is 16.5. The lowest BCUT2D eigenvalue weighted by Crippen LogP contribution is -2.27. The third kappa shape index (κ3) is 13.9. The molecule has 0 aromatic carbocycles. The highest BCUT2D eigenvalue weighted by Crippen LogP contribution is 1.91. The largest absolute Gasteiger partial charge is 0.379 e. The Morgan fingerprint density at radius 1 is 0.833 bits per heavy atom. The highest BCUT2D eigenvalue weighted by Gasteiger charge is 1.98. The Kier molecular flexibility index (Phi) is 14.8. The molecule has 18 heavy (non-hydrogen) atoms. The van der Waals surface area contributed by atoms with Crippen molar-refractivity contribution in [3.63, 3.8) is 0 Å². The van der Waals surface area contributed by atoms with Gasteiger partial charge in [-0.25, -0.2) is 0 Å². The van der Waals surface area contributed by atoms with Gasteiger partial charge in [-0.05, 0) is 26.3 Å². The zero-order valence-electron chi connectivity index (χ0n) is 12.4. The molecule has 0 aromatic rings. The molecule has 1 N–H and O–H groups in total. The Labute approximate surface area is 112 Å². The Morgan fingerprint density at radius 3 is 1.94 bits per heavy atom. The van der Waals surface area contributed by atoms with Crippen molar-refractivity contribution in [1.82, 2.24) is 5.32 Å². The minimum Gasteiger partial charge on any atom is -0.379 e. The molecular formula is C14H31NO3. The van der Waals surface area contributed by atoms with Gasteiger partial charge in [-0.2, -0.15) is 0 Å². The summed E-state index contributed by atoms with van der Waals surface area (Å²) in [7, 11) is 0. The van der Waals surface area contributed by atoms with E-state index >= 15 is 0 Å². The monoisotopic (exact) mass is 261 g/mol. The second-order valence-corrected chi connectivity index (χ2v) is 4.44. The molecule has 0 bridgehead atoms. The van der Waals surface area contributed by atoms with Crippen LogP contribution in [0.2, 0.25) is 0 Å². The third-order valence-corrected chi connectivity index (χ3v) is 2.63. The molecule has 0 spiro atoms. The van der Waals surface area contributed by atoms with Crippen molar-refractivity contribution >= 4 is 0 Å². The van der Waals surface area contributed by atoms with E-state index in [9.17, 15) is 0 Å². The summed E-state index contributed by atoms with van der Waals surface area (Å²) in [6.45, 7) is 11.8. The normalized spacial score (nSPS) is 12.8. The van der Waals surface area contributed by atoms with Crippen molar-refractivity contribution in [2.45, 2.75) is 46.1 Å². The van der Waals surface area contributed by atoms with Gasteiger partial charge in [0.15, 0.2) is 0 Å². The van der Waals surface area contributed by atoms with Gasteiger partial charge < -0.3 is 19.5 Å². The van der Waals surface area contributed by atoms with Gasteiger partial charge in [-0.3, -0.25) is 0 Å². The third-order valence-electron chi connectivity index (χ3n) is 2.63. The van der Waals surface area contributed by atoms with Crippen LogP contribution in [0.15, 0.2) is 0 Å². The molecule has 110 valence electrons. The van der Waals surface area contributed by atoms with Crippen LogP contribution in [-0.2, 0) is 14.2 Å². The average Bonchev–Trinajstić information content (AvgIpc) is 2.36. The molecule has 0 aliphatic heterocycles. The van der Waals surface area contributed by atoms with Crippen molar-refractivity contribution in [3.05, 3.63) is 0 Å². The molecule has 4 nitrogen and oxygen atoms in total. The van der Waals surface area contributed by atoms with Gasteiger partial charge in [-0.15, -0.1) is 0 Å². The Morgan fingerprint density at radius 2 is 1.39 bits per heavy atom. The molecule has 0 rings (SSSR count). The summed E-state index contributed by atoms with van der Waals surface area (Å²) < 4.78 is 16.3. The summed E-state index contributed by atoms with van der Waals surface area (Å²) in [6, 6.07) is 0.530. The summed E-state index contributed by atoms with van der Waals surface area (Å²) in [5, 5.41) is 3.35. The maximum Gasteiger partial charge on any atom is 0.0701 e. The molecule has 1 unspecified atom stereocenters. The molecule has 0 amide bonds. The van der Waals surface area contributed by atoms with E-state index in [4.69, 9.17) is 14.2 Å². The molecule has 0 radical (unpaired) electrons. The van der Waals surface area contributed by atoms with Crippen molar-refractivity contribution < 1.29 is 14.2 Å². The van der Waals surface area contributed by atoms with Crippen LogP contribution in [0.1, 0.15) is 40.0 Å². The van der Waals surface area contributed by atoms with Crippen LogP contribution in [0.5, 0.6) is 0 Å². The summed E-state index contributed by atoms with van der Waals surface area (Å²) >= 11 is 0. The second kappa shape index (κ2) is 14.9. The summed E-state index contributed by atoms with van der Waals surface area (Å²) in [4.78, 5) is 0. The van der Waals surface area contributed by atoms with Crippen LogP contribution < -0.4 is 5.32 Å².